The summed E-state index contributed by atoms with van der Waals surface area (Å²) in [6.07, 6.45) is 3.97. The minimum Gasteiger partial charge on any atom is -0.245 e. The topological polar surface area (TPSA) is 12.9 Å². The zero-order valence-corrected chi connectivity index (χ0v) is 12.2. The summed E-state index contributed by atoms with van der Waals surface area (Å²) in [5, 5.41) is 2.30. The number of nitrogens with zero attached hydrogens (tertiary/aromatic N) is 1. The van der Waals surface area contributed by atoms with E-state index in [1.54, 1.807) is 0 Å². The van der Waals surface area contributed by atoms with Gasteiger partial charge in [0.05, 0.1) is 5.69 Å². The second-order valence-electron chi connectivity index (χ2n) is 3.88. The van der Waals surface area contributed by atoms with Crippen molar-refractivity contribution < 1.29 is 0 Å². The van der Waals surface area contributed by atoms with Crippen molar-refractivity contribution >= 4 is 39.0 Å². The summed E-state index contributed by atoms with van der Waals surface area (Å²) in [6.45, 7) is 2.23. The molecule has 1 nitrogen and oxygen atoms in total. The maximum Gasteiger partial charge on any atom is 0.103 e. The van der Waals surface area contributed by atoms with Crippen molar-refractivity contribution in [3.63, 3.8) is 0 Å². The molecule has 0 atom stereocenters. The van der Waals surface area contributed by atoms with Crippen LogP contribution in [0.5, 0.6) is 0 Å². The third-order valence-electron chi connectivity index (χ3n) is 2.43. The van der Waals surface area contributed by atoms with E-state index in [1.807, 2.05) is 23.1 Å². The van der Waals surface area contributed by atoms with Crippen molar-refractivity contribution in [1.82, 2.24) is 4.98 Å². The number of hydrogen-bond donors (Lipinski definition) is 0. The van der Waals surface area contributed by atoms with Gasteiger partial charge in [0.2, 0.25) is 0 Å². The van der Waals surface area contributed by atoms with Gasteiger partial charge < -0.3 is 0 Å². The highest BCUT2D eigenvalue weighted by atomic mass is 79.9. The molecule has 0 aromatic carbocycles. The number of hydrogen-bond acceptors (Lipinski definition) is 3. The summed E-state index contributed by atoms with van der Waals surface area (Å²) in [7, 11) is 0. The van der Waals surface area contributed by atoms with Crippen LogP contribution in [0.3, 0.4) is 0 Å². The van der Waals surface area contributed by atoms with Gasteiger partial charge >= 0.3 is 0 Å². The minimum atomic E-state index is 0.790. The molecule has 0 N–H and O–H groups in total. The maximum absolute atomic E-state index is 4.78. The summed E-state index contributed by atoms with van der Waals surface area (Å²) in [6, 6.07) is 0. The van der Waals surface area contributed by atoms with Crippen LogP contribution in [-0.2, 0) is 11.1 Å². The molecule has 0 aliphatic heterocycles. The molecule has 1 aliphatic carbocycles. The van der Waals surface area contributed by atoms with E-state index in [0.29, 0.717) is 0 Å². The van der Waals surface area contributed by atoms with E-state index in [2.05, 4.69) is 22.9 Å². The van der Waals surface area contributed by atoms with Crippen LogP contribution < -0.4 is 0 Å². The normalized spacial score (nSPS) is 15.9. The molecule has 84 valence electrons. The Balaban J connectivity index is 1.98. The van der Waals surface area contributed by atoms with Crippen molar-refractivity contribution in [2.45, 2.75) is 43.2 Å². The van der Waals surface area contributed by atoms with Crippen LogP contribution in [0.25, 0.3) is 0 Å². The largest absolute Gasteiger partial charge is 0.245 e. The van der Waals surface area contributed by atoms with Crippen molar-refractivity contribution in [3.8, 4) is 0 Å². The highest BCUT2D eigenvalue weighted by Crippen LogP contribution is 2.43. The van der Waals surface area contributed by atoms with E-state index in [4.69, 9.17) is 4.98 Å². The third kappa shape index (κ3) is 3.21. The zero-order chi connectivity index (χ0) is 10.7. The Morgan fingerprint density at radius 1 is 1.53 bits per heavy atom. The molecule has 1 saturated carbocycles. The van der Waals surface area contributed by atoms with Crippen LogP contribution in [0.4, 0.5) is 0 Å². The van der Waals surface area contributed by atoms with Gasteiger partial charge in [0.25, 0.3) is 0 Å². The predicted octanol–water partition coefficient (Wildman–Crippen LogP) is 4.56. The molecule has 0 bridgehead atoms. The molecule has 0 amide bonds. The molecule has 15 heavy (non-hydrogen) atoms. The molecule has 1 fully saturated rings. The predicted molar refractivity (Wildman–Crippen MR) is 73.2 cm³/mol. The second kappa shape index (κ2) is 5.69. The fourth-order valence-corrected chi connectivity index (χ4v) is 4.14. The van der Waals surface area contributed by atoms with Crippen molar-refractivity contribution in [2.75, 3.05) is 5.75 Å². The van der Waals surface area contributed by atoms with Gasteiger partial charge in [-0.1, -0.05) is 22.9 Å². The van der Waals surface area contributed by atoms with Crippen LogP contribution >= 0.6 is 39.0 Å². The maximum atomic E-state index is 4.78. The lowest BCUT2D eigenvalue weighted by Gasteiger charge is -1.94. The minimum absolute atomic E-state index is 0.790. The van der Waals surface area contributed by atoms with Gasteiger partial charge in [0.1, 0.15) is 5.01 Å². The summed E-state index contributed by atoms with van der Waals surface area (Å²) in [5.41, 5.74) is 1.39. The number of aromatic nitrogens is 1. The van der Waals surface area contributed by atoms with Crippen LogP contribution in [0, 0.1) is 0 Å². The van der Waals surface area contributed by atoms with Crippen molar-refractivity contribution in [2.24, 2.45) is 0 Å². The van der Waals surface area contributed by atoms with Gasteiger partial charge in [0, 0.05) is 21.9 Å². The van der Waals surface area contributed by atoms with Gasteiger partial charge in [-0.15, -0.1) is 11.3 Å². The number of halogens is 1. The fraction of sp³-hybridized carbons (Fsp3) is 0.727. The molecule has 4 heteroatoms. The van der Waals surface area contributed by atoms with E-state index in [1.165, 1.54) is 40.6 Å². The van der Waals surface area contributed by atoms with Crippen LogP contribution in [-0.4, -0.2) is 10.7 Å². The first-order valence-electron chi connectivity index (χ1n) is 5.47. The van der Waals surface area contributed by atoms with E-state index >= 15 is 0 Å². The Morgan fingerprint density at radius 2 is 2.33 bits per heavy atom. The van der Waals surface area contributed by atoms with E-state index in [9.17, 15) is 0 Å². The van der Waals surface area contributed by atoms with Gasteiger partial charge in [0.15, 0.2) is 0 Å². The van der Waals surface area contributed by atoms with Crippen LogP contribution in [0.1, 0.15) is 47.7 Å². The SMILES string of the molecule is CCCSCc1nc(C2CC2)c(CBr)s1. The highest BCUT2D eigenvalue weighted by molar-refractivity contribution is 9.08. The Labute approximate surface area is 108 Å². The van der Waals surface area contributed by atoms with E-state index in [-0.39, 0.29) is 0 Å². The lowest BCUT2D eigenvalue weighted by Crippen LogP contribution is -1.86. The van der Waals surface area contributed by atoms with Gasteiger partial charge in [-0.2, -0.15) is 11.8 Å². The highest BCUT2D eigenvalue weighted by Gasteiger charge is 2.29. The van der Waals surface area contributed by atoms with Crippen molar-refractivity contribution in [1.29, 1.82) is 0 Å². The molecular weight excluding hydrogens is 290 g/mol. The van der Waals surface area contributed by atoms with Crippen molar-refractivity contribution in [3.05, 3.63) is 15.6 Å². The number of alkyl halides is 1. The summed E-state index contributed by atoms with van der Waals surface area (Å²) >= 11 is 7.47. The molecule has 0 spiro atoms. The van der Waals surface area contributed by atoms with Gasteiger partial charge in [-0.25, -0.2) is 4.98 Å². The quantitative estimate of drug-likeness (QED) is 0.564. The smallest absolute Gasteiger partial charge is 0.103 e. The third-order valence-corrected chi connectivity index (χ3v) is 5.79. The molecule has 1 heterocycles. The Morgan fingerprint density at radius 3 is 2.93 bits per heavy atom. The number of thioether (sulfide) groups is 1. The first-order valence-corrected chi connectivity index (χ1v) is 8.56. The van der Waals surface area contributed by atoms with Crippen LogP contribution in [0.2, 0.25) is 0 Å². The molecule has 1 aliphatic rings. The standard InChI is InChI=1S/C11H16BrNS2/c1-2-5-14-7-10-13-11(8-3-4-8)9(6-12)15-10/h8H,2-7H2,1H3. The molecule has 1 aromatic heterocycles. The lowest BCUT2D eigenvalue weighted by atomic mass is 10.3. The fourth-order valence-electron chi connectivity index (χ4n) is 1.55. The number of thiazole rings is 1. The van der Waals surface area contributed by atoms with Gasteiger partial charge in [-0.05, 0) is 25.0 Å². The summed E-state index contributed by atoms with van der Waals surface area (Å²) in [4.78, 5) is 6.25. The second-order valence-corrected chi connectivity index (χ2v) is 6.71. The van der Waals surface area contributed by atoms with Crippen LogP contribution in [0.15, 0.2) is 0 Å². The first-order chi connectivity index (χ1) is 7.35. The Hall–Kier alpha value is 0.460. The van der Waals surface area contributed by atoms with E-state index in [0.717, 1.165) is 17.0 Å². The monoisotopic (exact) mass is 305 g/mol. The number of rotatable bonds is 6. The summed E-state index contributed by atoms with van der Waals surface area (Å²) in [5.74, 6) is 3.14. The first kappa shape index (κ1) is 11.9. The average molecular weight is 306 g/mol. The Bertz CT molecular complexity index is 320. The molecule has 0 radical (unpaired) electrons. The van der Waals surface area contributed by atoms with Gasteiger partial charge in [-0.3, -0.25) is 0 Å². The molecule has 0 unspecified atom stereocenters. The lowest BCUT2D eigenvalue weighted by molar-refractivity contribution is 1.01. The van der Waals surface area contributed by atoms with E-state index < -0.39 is 0 Å². The molecule has 2 rings (SSSR count). The molecule has 0 saturated heterocycles. The summed E-state index contributed by atoms with van der Waals surface area (Å²) < 4.78 is 0. The zero-order valence-electron chi connectivity index (χ0n) is 8.96. The molecular formula is C11H16BrNS2. The molecule has 1 aromatic rings. The average Bonchev–Trinajstić information content (AvgIpc) is 3.01. The Kier molecular flexibility index (Phi) is 4.52.